The predicted octanol–water partition coefficient (Wildman–Crippen LogP) is 3.61. The van der Waals surface area contributed by atoms with Crippen LogP contribution in [0.15, 0.2) is 36.7 Å². The van der Waals surface area contributed by atoms with E-state index in [-0.39, 0.29) is 11.6 Å². The van der Waals surface area contributed by atoms with E-state index < -0.39 is 0 Å². The van der Waals surface area contributed by atoms with Gasteiger partial charge in [0.05, 0.1) is 5.69 Å². The van der Waals surface area contributed by atoms with Crippen LogP contribution in [0.3, 0.4) is 0 Å². The van der Waals surface area contributed by atoms with Crippen molar-refractivity contribution in [3.63, 3.8) is 0 Å². The second-order valence-corrected chi connectivity index (χ2v) is 5.24. The molecule has 3 nitrogen and oxygen atoms in total. The summed E-state index contributed by atoms with van der Waals surface area (Å²) in [4.78, 5) is 9.95. The highest BCUT2D eigenvalue weighted by atomic mass is 19.1. The minimum Gasteiger partial charge on any atom is -0.350 e. The van der Waals surface area contributed by atoms with Gasteiger partial charge in [-0.15, -0.1) is 0 Å². The molecule has 2 heterocycles. The van der Waals surface area contributed by atoms with Crippen molar-refractivity contribution in [2.24, 2.45) is 0 Å². The number of hydrogen-bond acceptors (Lipinski definition) is 3. The van der Waals surface area contributed by atoms with Crippen LogP contribution < -0.4 is 4.90 Å². The van der Waals surface area contributed by atoms with Gasteiger partial charge in [0.25, 0.3) is 0 Å². The Morgan fingerprint density at radius 2 is 1.91 bits per heavy atom. The van der Waals surface area contributed by atoms with E-state index in [1.807, 2.05) is 17.9 Å². The number of hydrogen-bond donors (Lipinski definition) is 0. The average Bonchev–Trinajstić information content (AvgIpc) is 2.56. The van der Waals surface area contributed by atoms with Crippen LogP contribution in [0.4, 0.5) is 14.6 Å². The van der Waals surface area contributed by atoms with Crippen LogP contribution in [0.1, 0.15) is 24.6 Å². The average molecular weight is 301 g/mol. The van der Waals surface area contributed by atoms with Gasteiger partial charge in [0.1, 0.15) is 12.1 Å². The van der Waals surface area contributed by atoms with Gasteiger partial charge in [0, 0.05) is 13.1 Å². The summed E-state index contributed by atoms with van der Waals surface area (Å²) in [6, 6.07) is 6.47. The van der Waals surface area contributed by atoms with Gasteiger partial charge < -0.3 is 4.90 Å². The molecule has 5 heteroatoms. The Balaban J connectivity index is 1.80. The molecule has 0 N–H and O–H groups in total. The zero-order valence-electron chi connectivity index (χ0n) is 12.4. The molecule has 0 spiro atoms. The monoisotopic (exact) mass is 301 g/mol. The first kappa shape index (κ1) is 14.6. The van der Waals surface area contributed by atoms with Crippen LogP contribution in [-0.4, -0.2) is 23.1 Å². The molecular weight excluding hydrogens is 284 g/mol. The fourth-order valence-electron chi connectivity index (χ4n) is 2.65. The van der Waals surface area contributed by atoms with E-state index >= 15 is 0 Å². The standard InChI is InChI=1S/C17H17F2N3/c1-2-15-16(19)17(21-11-20-15)22-9-7-13(8-10-22)12-3-5-14(18)6-4-12/h3-7,11H,2,8-10H2,1H3. The fourth-order valence-corrected chi connectivity index (χ4v) is 2.65. The molecule has 22 heavy (non-hydrogen) atoms. The SMILES string of the molecule is CCc1ncnc(N2CC=C(c3ccc(F)cc3)CC2)c1F. The van der Waals surface area contributed by atoms with Crippen LogP contribution >= 0.6 is 0 Å². The van der Waals surface area contributed by atoms with Crippen LogP contribution in [-0.2, 0) is 6.42 Å². The summed E-state index contributed by atoms with van der Waals surface area (Å²) in [6.45, 7) is 3.14. The van der Waals surface area contributed by atoms with Crippen molar-refractivity contribution in [3.8, 4) is 0 Å². The number of benzene rings is 1. The summed E-state index contributed by atoms with van der Waals surface area (Å²) in [5, 5.41) is 0. The number of aromatic nitrogens is 2. The van der Waals surface area contributed by atoms with Crippen molar-refractivity contribution in [1.29, 1.82) is 0 Å². The van der Waals surface area contributed by atoms with E-state index in [0.717, 1.165) is 17.6 Å². The second kappa shape index (κ2) is 6.22. The Hall–Kier alpha value is -2.30. The highest BCUT2D eigenvalue weighted by molar-refractivity contribution is 5.68. The molecule has 3 rings (SSSR count). The molecule has 0 saturated heterocycles. The zero-order valence-corrected chi connectivity index (χ0v) is 12.4. The molecule has 1 aromatic heterocycles. The first-order chi connectivity index (χ1) is 10.7. The molecule has 114 valence electrons. The third-order valence-electron chi connectivity index (χ3n) is 3.90. The summed E-state index contributed by atoms with van der Waals surface area (Å²) < 4.78 is 27.3. The lowest BCUT2D eigenvalue weighted by atomic mass is 9.99. The van der Waals surface area contributed by atoms with Crippen molar-refractivity contribution in [2.45, 2.75) is 19.8 Å². The van der Waals surface area contributed by atoms with Crippen LogP contribution in [0.25, 0.3) is 5.57 Å². The summed E-state index contributed by atoms with van der Waals surface area (Å²) in [7, 11) is 0. The van der Waals surface area contributed by atoms with Crippen molar-refractivity contribution >= 4 is 11.4 Å². The molecule has 0 amide bonds. The third-order valence-corrected chi connectivity index (χ3v) is 3.90. The quantitative estimate of drug-likeness (QED) is 0.867. The minimum absolute atomic E-state index is 0.239. The van der Waals surface area contributed by atoms with Gasteiger partial charge in [-0.2, -0.15) is 0 Å². The molecule has 0 radical (unpaired) electrons. The van der Waals surface area contributed by atoms with Gasteiger partial charge in [0.2, 0.25) is 0 Å². The fraction of sp³-hybridized carbons (Fsp3) is 0.294. The van der Waals surface area contributed by atoms with Crippen molar-refractivity contribution in [3.05, 3.63) is 59.6 Å². The number of nitrogens with zero attached hydrogens (tertiary/aromatic N) is 3. The van der Waals surface area contributed by atoms with E-state index in [2.05, 4.69) is 9.97 Å². The number of anilines is 1. The molecule has 1 aliphatic heterocycles. The Labute approximate surface area is 128 Å². The first-order valence-electron chi connectivity index (χ1n) is 7.38. The van der Waals surface area contributed by atoms with E-state index in [9.17, 15) is 8.78 Å². The van der Waals surface area contributed by atoms with Gasteiger partial charge >= 0.3 is 0 Å². The number of halogens is 2. The van der Waals surface area contributed by atoms with E-state index in [0.29, 0.717) is 31.0 Å². The summed E-state index contributed by atoms with van der Waals surface area (Å²) >= 11 is 0. The molecule has 0 aliphatic carbocycles. The molecule has 0 unspecified atom stereocenters. The molecule has 1 aromatic carbocycles. The Morgan fingerprint density at radius 3 is 2.55 bits per heavy atom. The normalized spacial score (nSPS) is 14.9. The summed E-state index contributed by atoms with van der Waals surface area (Å²) in [5.41, 5.74) is 2.61. The molecule has 0 bridgehead atoms. The third kappa shape index (κ3) is 2.84. The van der Waals surface area contributed by atoms with Crippen LogP contribution in [0, 0.1) is 11.6 Å². The second-order valence-electron chi connectivity index (χ2n) is 5.24. The highest BCUT2D eigenvalue weighted by Gasteiger charge is 2.19. The maximum Gasteiger partial charge on any atom is 0.187 e. The van der Waals surface area contributed by atoms with Gasteiger partial charge in [-0.25, -0.2) is 18.7 Å². The molecule has 2 aromatic rings. The maximum atomic E-state index is 14.3. The van der Waals surface area contributed by atoms with Gasteiger partial charge in [-0.05, 0) is 36.1 Å². The van der Waals surface area contributed by atoms with Gasteiger partial charge in [-0.3, -0.25) is 0 Å². The topological polar surface area (TPSA) is 29.0 Å². The van der Waals surface area contributed by atoms with Crippen molar-refractivity contribution in [1.82, 2.24) is 9.97 Å². The van der Waals surface area contributed by atoms with Crippen LogP contribution in [0.5, 0.6) is 0 Å². The molecule has 0 atom stereocenters. The molecule has 0 fully saturated rings. The van der Waals surface area contributed by atoms with E-state index in [1.165, 1.54) is 18.5 Å². The van der Waals surface area contributed by atoms with Crippen molar-refractivity contribution in [2.75, 3.05) is 18.0 Å². The Morgan fingerprint density at radius 1 is 1.14 bits per heavy atom. The van der Waals surface area contributed by atoms with Gasteiger partial charge in [-0.1, -0.05) is 25.1 Å². The minimum atomic E-state index is -0.330. The smallest absolute Gasteiger partial charge is 0.187 e. The predicted molar refractivity (Wildman–Crippen MR) is 82.6 cm³/mol. The molecule has 1 aliphatic rings. The van der Waals surface area contributed by atoms with E-state index in [1.54, 1.807) is 12.1 Å². The Kier molecular flexibility index (Phi) is 4.13. The molecule has 0 saturated carbocycles. The maximum absolute atomic E-state index is 14.3. The van der Waals surface area contributed by atoms with Crippen LogP contribution in [0.2, 0.25) is 0 Å². The van der Waals surface area contributed by atoms with Gasteiger partial charge in [0.15, 0.2) is 11.6 Å². The first-order valence-corrected chi connectivity index (χ1v) is 7.38. The lowest BCUT2D eigenvalue weighted by molar-refractivity contribution is 0.585. The van der Waals surface area contributed by atoms with Crippen molar-refractivity contribution < 1.29 is 8.78 Å². The lowest BCUT2D eigenvalue weighted by Crippen LogP contribution is -2.30. The highest BCUT2D eigenvalue weighted by Crippen LogP contribution is 2.26. The summed E-state index contributed by atoms with van der Waals surface area (Å²) in [5.74, 6) is -0.207. The Bertz CT molecular complexity index is 696. The van der Waals surface area contributed by atoms with E-state index in [4.69, 9.17) is 0 Å². The summed E-state index contributed by atoms with van der Waals surface area (Å²) in [6.07, 6.45) is 4.78. The molecular formula is C17H17F2N3. The number of rotatable bonds is 3. The largest absolute Gasteiger partial charge is 0.350 e. The lowest BCUT2D eigenvalue weighted by Gasteiger charge is -2.28. The zero-order chi connectivity index (χ0) is 15.5. The number of aryl methyl sites for hydroxylation is 1.